The van der Waals surface area contributed by atoms with Gasteiger partial charge in [-0.05, 0) is 24.6 Å². The molecule has 0 amide bonds. The number of aliphatic imine (C=N–C) groups is 1. The highest BCUT2D eigenvalue weighted by atomic mass is 16.7. The van der Waals surface area contributed by atoms with Crippen LogP contribution in [0.3, 0.4) is 0 Å². The number of ether oxygens (including phenoxy) is 2. The van der Waals surface area contributed by atoms with Gasteiger partial charge in [0.15, 0.2) is 11.5 Å². The average Bonchev–Trinajstić information content (AvgIpc) is 2.93. The van der Waals surface area contributed by atoms with Gasteiger partial charge in [-0.3, -0.25) is 4.99 Å². The average molecular weight is 231 g/mol. The fourth-order valence-electron chi connectivity index (χ4n) is 2.40. The van der Waals surface area contributed by atoms with Gasteiger partial charge < -0.3 is 14.3 Å². The molecule has 2 atom stereocenters. The number of hydrogen-bond donors (Lipinski definition) is 0. The topological polar surface area (TPSA) is 47.9 Å². The van der Waals surface area contributed by atoms with Gasteiger partial charge in [-0.1, -0.05) is 6.07 Å². The first-order valence-corrected chi connectivity index (χ1v) is 5.65. The highest BCUT2D eigenvalue weighted by Gasteiger charge is 2.30. The molecule has 2 unspecified atom stereocenters. The molecule has 0 saturated heterocycles. The lowest BCUT2D eigenvalue weighted by atomic mass is 9.87. The highest BCUT2D eigenvalue weighted by Crippen LogP contribution is 2.38. The Hall–Kier alpha value is -1.84. The van der Waals surface area contributed by atoms with Crippen molar-refractivity contribution in [3.05, 3.63) is 23.8 Å². The number of benzene rings is 1. The molecule has 0 saturated carbocycles. The van der Waals surface area contributed by atoms with Gasteiger partial charge in [0.25, 0.3) is 0 Å². The summed E-state index contributed by atoms with van der Waals surface area (Å²) in [5.74, 6) is 1.57. The Bertz CT molecular complexity index is 495. The Labute approximate surface area is 99.3 Å². The molecule has 0 bridgehead atoms. The molecule has 4 nitrogen and oxygen atoms in total. The molecular formula is C13H13NO3. The third-order valence-corrected chi connectivity index (χ3v) is 3.42. The number of aldehydes is 1. The number of carbonyl (C=O) groups excluding carboxylic acids is 1. The van der Waals surface area contributed by atoms with E-state index in [1.807, 2.05) is 25.1 Å². The summed E-state index contributed by atoms with van der Waals surface area (Å²) in [5, 5.41) is 0. The van der Waals surface area contributed by atoms with Gasteiger partial charge in [0, 0.05) is 18.2 Å². The number of fused-ring (bicyclic) bond motifs is 1. The number of carbonyl (C=O) groups is 1. The molecule has 0 fully saturated rings. The Morgan fingerprint density at radius 1 is 1.35 bits per heavy atom. The second-order valence-corrected chi connectivity index (χ2v) is 4.36. The lowest BCUT2D eigenvalue weighted by Crippen LogP contribution is -2.17. The summed E-state index contributed by atoms with van der Waals surface area (Å²) in [5.41, 5.74) is 2.01. The zero-order valence-corrected chi connectivity index (χ0v) is 9.55. The van der Waals surface area contributed by atoms with E-state index >= 15 is 0 Å². The highest BCUT2D eigenvalue weighted by molar-refractivity contribution is 5.98. The van der Waals surface area contributed by atoms with Crippen molar-refractivity contribution in [3.8, 4) is 11.5 Å². The van der Waals surface area contributed by atoms with E-state index in [2.05, 4.69) is 4.99 Å². The van der Waals surface area contributed by atoms with Crippen molar-refractivity contribution in [2.45, 2.75) is 12.8 Å². The fraction of sp³-hybridized carbons (Fsp3) is 0.385. The smallest absolute Gasteiger partial charge is 0.231 e. The molecular weight excluding hydrogens is 218 g/mol. The second-order valence-electron chi connectivity index (χ2n) is 4.36. The molecule has 0 N–H and O–H groups in total. The number of nitrogens with zero attached hydrogens (tertiary/aromatic N) is 1. The van der Waals surface area contributed by atoms with Gasteiger partial charge >= 0.3 is 0 Å². The van der Waals surface area contributed by atoms with Crippen LogP contribution in [0.1, 0.15) is 18.4 Å². The molecule has 2 heterocycles. The van der Waals surface area contributed by atoms with Gasteiger partial charge in [0.05, 0.1) is 5.92 Å². The summed E-state index contributed by atoms with van der Waals surface area (Å²) >= 11 is 0. The first kappa shape index (κ1) is 10.3. The van der Waals surface area contributed by atoms with Crippen molar-refractivity contribution in [1.82, 2.24) is 0 Å². The van der Waals surface area contributed by atoms with Gasteiger partial charge in [-0.15, -0.1) is 0 Å². The van der Waals surface area contributed by atoms with Crippen LogP contribution in [-0.2, 0) is 4.79 Å². The summed E-state index contributed by atoms with van der Waals surface area (Å²) in [4.78, 5) is 15.5. The second kappa shape index (κ2) is 3.87. The predicted octanol–water partition coefficient (Wildman–Crippen LogP) is 1.79. The maximum absolute atomic E-state index is 11.1. The van der Waals surface area contributed by atoms with Crippen LogP contribution < -0.4 is 9.47 Å². The van der Waals surface area contributed by atoms with E-state index < -0.39 is 0 Å². The number of rotatable bonds is 2. The van der Waals surface area contributed by atoms with Crippen LogP contribution in [0.15, 0.2) is 23.2 Å². The minimum absolute atomic E-state index is 0.102. The van der Waals surface area contributed by atoms with Crippen molar-refractivity contribution < 1.29 is 14.3 Å². The molecule has 2 aliphatic heterocycles. The van der Waals surface area contributed by atoms with Crippen molar-refractivity contribution in [3.63, 3.8) is 0 Å². The van der Waals surface area contributed by atoms with E-state index in [1.54, 1.807) is 0 Å². The normalized spacial score (nSPS) is 25.8. The van der Waals surface area contributed by atoms with Crippen LogP contribution in [0.25, 0.3) is 0 Å². The van der Waals surface area contributed by atoms with Gasteiger partial charge in [-0.2, -0.15) is 0 Å². The summed E-state index contributed by atoms with van der Waals surface area (Å²) in [6.07, 6.45) is 0.987. The Morgan fingerprint density at radius 3 is 3.00 bits per heavy atom. The van der Waals surface area contributed by atoms with Crippen LogP contribution in [0.4, 0.5) is 0 Å². The molecule has 0 radical (unpaired) electrons. The lowest BCUT2D eigenvalue weighted by Gasteiger charge is -2.15. The van der Waals surface area contributed by atoms with Crippen LogP contribution >= 0.6 is 0 Å². The lowest BCUT2D eigenvalue weighted by molar-refractivity contribution is -0.109. The van der Waals surface area contributed by atoms with Crippen LogP contribution in [-0.4, -0.2) is 25.3 Å². The molecule has 0 aromatic heterocycles. The standard InChI is InChI=1S/C13H13NO3/c1-8-11(6-15)10(5-14-8)9-2-3-12-13(4-9)17-7-16-12/h2-4,6,10-11H,5,7H2,1H3. The number of hydrogen-bond acceptors (Lipinski definition) is 4. The predicted molar refractivity (Wildman–Crippen MR) is 62.8 cm³/mol. The van der Waals surface area contributed by atoms with Crippen molar-refractivity contribution in [1.29, 1.82) is 0 Å². The first-order chi connectivity index (χ1) is 8.29. The van der Waals surface area contributed by atoms with E-state index in [-0.39, 0.29) is 18.6 Å². The summed E-state index contributed by atoms with van der Waals surface area (Å²) in [6.45, 7) is 2.86. The van der Waals surface area contributed by atoms with E-state index in [1.165, 1.54) is 0 Å². The molecule has 3 rings (SSSR count). The van der Waals surface area contributed by atoms with Crippen molar-refractivity contribution >= 4 is 12.0 Å². The summed E-state index contributed by atoms with van der Waals surface area (Å²) in [7, 11) is 0. The maximum atomic E-state index is 11.1. The molecule has 0 spiro atoms. The zero-order chi connectivity index (χ0) is 11.8. The summed E-state index contributed by atoms with van der Waals surface area (Å²) in [6, 6.07) is 5.84. The van der Waals surface area contributed by atoms with E-state index in [0.29, 0.717) is 6.54 Å². The summed E-state index contributed by atoms with van der Waals surface area (Å²) < 4.78 is 10.6. The quantitative estimate of drug-likeness (QED) is 0.729. The van der Waals surface area contributed by atoms with E-state index in [4.69, 9.17) is 9.47 Å². The third-order valence-electron chi connectivity index (χ3n) is 3.42. The van der Waals surface area contributed by atoms with Crippen LogP contribution in [0.5, 0.6) is 11.5 Å². The molecule has 1 aromatic carbocycles. The van der Waals surface area contributed by atoms with Gasteiger partial charge in [0.2, 0.25) is 6.79 Å². The Kier molecular flexibility index (Phi) is 2.35. The molecule has 2 aliphatic rings. The van der Waals surface area contributed by atoms with Gasteiger partial charge in [-0.25, -0.2) is 0 Å². The zero-order valence-electron chi connectivity index (χ0n) is 9.55. The Morgan fingerprint density at radius 2 is 2.18 bits per heavy atom. The van der Waals surface area contributed by atoms with E-state index in [9.17, 15) is 4.79 Å². The monoisotopic (exact) mass is 231 g/mol. The molecule has 88 valence electrons. The molecule has 1 aromatic rings. The van der Waals surface area contributed by atoms with Crippen molar-refractivity contribution in [2.75, 3.05) is 13.3 Å². The largest absolute Gasteiger partial charge is 0.454 e. The van der Waals surface area contributed by atoms with Gasteiger partial charge in [0.1, 0.15) is 6.29 Å². The Balaban J connectivity index is 1.93. The minimum Gasteiger partial charge on any atom is -0.454 e. The fourth-order valence-corrected chi connectivity index (χ4v) is 2.40. The van der Waals surface area contributed by atoms with Crippen molar-refractivity contribution in [2.24, 2.45) is 10.9 Å². The first-order valence-electron chi connectivity index (χ1n) is 5.65. The third kappa shape index (κ3) is 1.60. The molecule has 17 heavy (non-hydrogen) atoms. The van der Waals surface area contributed by atoms with Crippen LogP contribution in [0.2, 0.25) is 0 Å². The van der Waals surface area contributed by atoms with Crippen LogP contribution in [0, 0.1) is 5.92 Å². The molecule has 0 aliphatic carbocycles. The SMILES string of the molecule is CC1=NCC(c2ccc3c(c2)OCO3)C1C=O. The minimum atomic E-state index is -0.102. The maximum Gasteiger partial charge on any atom is 0.231 e. The molecule has 4 heteroatoms. The van der Waals surface area contributed by atoms with E-state index in [0.717, 1.165) is 29.1 Å².